The summed E-state index contributed by atoms with van der Waals surface area (Å²) >= 11 is 5.83. The maximum absolute atomic E-state index is 14.0. The smallest absolute Gasteiger partial charge is 0.128 e. The molecule has 0 radical (unpaired) electrons. The van der Waals surface area contributed by atoms with E-state index in [1.165, 1.54) is 6.07 Å². The third-order valence-electron chi connectivity index (χ3n) is 2.89. The Balaban J connectivity index is 2.51. The average molecular weight is 434 g/mol. The molecule has 0 saturated carbocycles. The van der Waals surface area contributed by atoms with Crippen LogP contribution in [-0.4, -0.2) is 6.54 Å². The van der Waals surface area contributed by atoms with Gasteiger partial charge in [-0.05, 0) is 59.0 Å². The first-order valence-electron chi connectivity index (χ1n) is 6.06. The van der Waals surface area contributed by atoms with Crippen LogP contribution in [0.25, 0.3) is 0 Å². The third kappa shape index (κ3) is 3.55. The normalized spacial score (nSPS) is 12.4. The highest BCUT2D eigenvalue weighted by Gasteiger charge is 2.19. The van der Waals surface area contributed by atoms with Crippen molar-refractivity contribution in [2.24, 2.45) is 0 Å². The van der Waals surface area contributed by atoms with E-state index in [0.717, 1.165) is 20.2 Å². The van der Waals surface area contributed by atoms with Gasteiger partial charge in [-0.3, -0.25) is 0 Å². The molecule has 4 heteroatoms. The zero-order chi connectivity index (χ0) is 13.8. The van der Waals surface area contributed by atoms with Crippen LogP contribution in [0.5, 0.6) is 0 Å². The quantitative estimate of drug-likeness (QED) is 0.676. The van der Waals surface area contributed by atoms with Gasteiger partial charge in [0.05, 0.1) is 6.04 Å². The van der Waals surface area contributed by atoms with Crippen LogP contribution in [0, 0.1) is 9.39 Å². The fraction of sp³-hybridized carbons (Fsp3) is 0.200. The van der Waals surface area contributed by atoms with Crippen molar-refractivity contribution in [1.29, 1.82) is 0 Å². The zero-order valence-electron chi connectivity index (χ0n) is 10.5. The van der Waals surface area contributed by atoms with Gasteiger partial charge < -0.3 is 5.32 Å². The Morgan fingerprint density at radius 3 is 2.63 bits per heavy atom. The molecule has 2 aromatic rings. The van der Waals surface area contributed by atoms with E-state index in [1.807, 2.05) is 31.2 Å². The van der Waals surface area contributed by atoms with E-state index in [1.54, 1.807) is 6.07 Å². The number of rotatable bonds is 4. The molecular weight excluding hydrogens is 420 g/mol. The number of halogens is 3. The van der Waals surface area contributed by atoms with Crippen LogP contribution in [0.1, 0.15) is 24.1 Å². The number of hydrogen-bond acceptors (Lipinski definition) is 1. The monoisotopic (exact) mass is 433 g/mol. The number of hydrogen-bond donors (Lipinski definition) is 1. The van der Waals surface area contributed by atoms with Crippen molar-refractivity contribution < 1.29 is 4.39 Å². The Morgan fingerprint density at radius 2 is 1.95 bits per heavy atom. The van der Waals surface area contributed by atoms with E-state index in [0.29, 0.717) is 5.56 Å². The van der Waals surface area contributed by atoms with E-state index in [9.17, 15) is 4.39 Å². The summed E-state index contributed by atoms with van der Waals surface area (Å²) in [5.41, 5.74) is 1.73. The minimum atomic E-state index is -0.181. The fourth-order valence-electron chi connectivity index (χ4n) is 2.04. The molecule has 19 heavy (non-hydrogen) atoms. The first-order chi connectivity index (χ1) is 9.13. The van der Waals surface area contributed by atoms with Gasteiger partial charge >= 0.3 is 0 Å². The van der Waals surface area contributed by atoms with E-state index in [2.05, 4.69) is 49.9 Å². The van der Waals surface area contributed by atoms with Crippen molar-refractivity contribution in [1.82, 2.24) is 5.32 Å². The molecule has 100 valence electrons. The summed E-state index contributed by atoms with van der Waals surface area (Å²) in [5.74, 6) is -0.181. The van der Waals surface area contributed by atoms with Crippen LogP contribution in [0.2, 0.25) is 0 Å². The van der Waals surface area contributed by atoms with E-state index >= 15 is 0 Å². The van der Waals surface area contributed by atoms with Gasteiger partial charge in [-0.15, -0.1) is 0 Å². The van der Waals surface area contributed by atoms with E-state index < -0.39 is 0 Å². The minimum absolute atomic E-state index is 0.143. The van der Waals surface area contributed by atoms with Crippen molar-refractivity contribution in [3.8, 4) is 0 Å². The molecule has 0 saturated heterocycles. The summed E-state index contributed by atoms with van der Waals surface area (Å²) in [6.07, 6.45) is 0. The van der Waals surface area contributed by atoms with Crippen LogP contribution < -0.4 is 5.32 Å². The van der Waals surface area contributed by atoms with Crippen LogP contribution in [0.3, 0.4) is 0 Å². The summed E-state index contributed by atoms with van der Waals surface area (Å²) in [6, 6.07) is 12.9. The van der Waals surface area contributed by atoms with Crippen molar-refractivity contribution in [3.05, 3.63) is 67.5 Å². The second-order valence-electron chi connectivity index (χ2n) is 4.18. The predicted molar refractivity (Wildman–Crippen MR) is 88.8 cm³/mol. The van der Waals surface area contributed by atoms with Gasteiger partial charge in [-0.25, -0.2) is 4.39 Å². The Bertz CT molecular complexity index is 574. The fourth-order valence-corrected chi connectivity index (χ4v) is 3.03. The lowest BCUT2D eigenvalue weighted by molar-refractivity contribution is 0.558. The summed E-state index contributed by atoms with van der Waals surface area (Å²) in [6.45, 7) is 2.80. The summed E-state index contributed by atoms with van der Waals surface area (Å²) in [7, 11) is 0. The molecule has 0 aromatic heterocycles. The predicted octanol–water partition coefficient (Wildman–Crippen LogP) is 4.89. The van der Waals surface area contributed by atoms with Gasteiger partial charge in [0, 0.05) is 13.6 Å². The highest BCUT2D eigenvalue weighted by Crippen LogP contribution is 2.31. The SMILES string of the molecule is CCNC(c1ccccc1F)c1cc(I)ccc1Br. The standard InChI is InChI=1S/C15H14BrFIN/c1-2-19-15(11-5-3-4-6-14(11)17)12-9-10(18)7-8-13(12)16/h3-9,15,19H,2H2,1H3. The maximum atomic E-state index is 14.0. The Morgan fingerprint density at radius 1 is 1.21 bits per heavy atom. The van der Waals surface area contributed by atoms with E-state index in [4.69, 9.17) is 0 Å². The highest BCUT2D eigenvalue weighted by atomic mass is 127. The van der Waals surface area contributed by atoms with Crippen molar-refractivity contribution in [3.63, 3.8) is 0 Å². The van der Waals surface area contributed by atoms with Crippen LogP contribution in [0.15, 0.2) is 46.9 Å². The van der Waals surface area contributed by atoms with Gasteiger partial charge in [0.1, 0.15) is 5.82 Å². The molecule has 1 N–H and O–H groups in total. The molecule has 2 aromatic carbocycles. The lowest BCUT2D eigenvalue weighted by Crippen LogP contribution is -2.23. The van der Waals surface area contributed by atoms with Crippen molar-refractivity contribution >= 4 is 38.5 Å². The molecule has 0 aliphatic rings. The molecule has 0 spiro atoms. The first kappa shape index (κ1) is 14.9. The minimum Gasteiger partial charge on any atom is -0.306 e. The van der Waals surface area contributed by atoms with Gasteiger partial charge in [-0.1, -0.05) is 41.1 Å². The van der Waals surface area contributed by atoms with Crippen LogP contribution in [0.4, 0.5) is 4.39 Å². The molecule has 1 nitrogen and oxygen atoms in total. The van der Waals surface area contributed by atoms with Crippen molar-refractivity contribution in [2.75, 3.05) is 6.54 Å². The van der Waals surface area contributed by atoms with Gasteiger partial charge in [0.25, 0.3) is 0 Å². The lowest BCUT2D eigenvalue weighted by atomic mass is 9.98. The molecular formula is C15H14BrFIN. The van der Waals surface area contributed by atoms with Gasteiger partial charge in [0.15, 0.2) is 0 Å². The Labute approximate surface area is 134 Å². The largest absolute Gasteiger partial charge is 0.306 e. The molecule has 0 heterocycles. The third-order valence-corrected chi connectivity index (χ3v) is 4.29. The second-order valence-corrected chi connectivity index (χ2v) is 6.28. The van der Waals surface area contributed by atoms with Crippen LogP contribution in [-0.2, 0) is 0 Å². The zero-order valence-corrected chi connectivity index (χ0v) is 14.2. The average Bonchev–Trinajstić information content (AvgIpc) is 2.40. The number of benzene rings is 2. The number of nitrogens with one attached hydrogen (secondary N) is 1. The summed E-state index contributed by atoms with van der Waals surface area (Å²) in [5, 5.41) is 3.35. The molecule has 1 unspecified atom stereocenters. The Hall–Kier alpha value is -0.460. The topological polar surface area (TPSA) is 12.0 Å². The molecule has 1 atom stereocenters. The van der Waals surface area contributed by atoms with Gasteiger partial charge in [0.2, 0.25) is 0 Å². The van der Waals surface area contributed by atoms with E-state index in [-0.39, 0.29) is 11.9 Å². The Kier molecular flexibility index (Phi) is 5.36. The van der Waals surface area contributed by atoms with Crippen LogP contribution >= 0.6 is 38.5 Å². The molecule has 0 fully saturated rings. The highest BCUT2D eigenvalue weighted by molar-refractivity contribution is 14.1. The molecule has 0 aliphatic carbocycles. The first-order valence-corrected chi connectivity index (χ1v) is 7.93. The maximum Gasteiger partial charge on any atom is 0.128 e. The summed E-state index contributed by atoms with van der Waals surface area (Å²) < 4.78 is 16.1. The van der Waals surface area contributed by atoms with Crippen molar-refractivity contribution in [2.45, 2.75) is 13.0 Å². The lowest BCUT2D eigenvalue weighted by Gasteiger charge is -2.21. The molecule has 0 aliphatic heterocycles. The molecule has 2 rings (SSSR count). The second kappa shape index (κ2) is 6.81. The molecule has 0 bridgehead atoms. The molecule has 0 amide bonds. The van der Waals surface area contributed by atoms with Gasteiger partial charge in [-0.2, -0.15) is 0 Å². The summed E-state index contributed by atoms with van der Waals surface area (Å²) in [4.78, 5) is 0.